The molecule has 3 rings (SSSR count). The lowest BCUT2D eigenvalue weighted by molar-refractivity contribution is 0.0619. The van der Waals surface area contributed by atoms with Gasteiger partial charge in [0.1, 0.15) is 0 Å². The number of anilines is 1. The average Bonchev–Trinajstić information content (AvgIpc) is 2.87. The van der Waals surface area contributed by atoms with Crippen LogP contribution < -0.4 is 10.2 Å². The summed E-state index contributed by atoms with van der Waals surface area (Å²) >= 11 is 0. The van der Waals surface area contributed by atoms with Crippen LogP contribution in [-0.4, -0.2) is 30.3 Å². The molecule has 2 N–H and O–H groups in total. The number of hydrogen-bond donors (Lipinski definition) is 2. The Morgan fingerprint density at radius 1 is 1.17 bits per heavy atom. The molecule has 98 valence electrons. The lowest BCUT2D eigenvalue weighted by Gasteiger charge is -2.32. The van der Waals surface area contributed by atoms with Gasteiger partial charge in [-0.25, -0.2) is 0 Å². The molecule has 18 heavy (non-hydrogen) atoms. The molecule has 0 atom stereocenters. The molecule has 1 saturated carbocycles. The second kappa shape index (κ2) is 5.29. The minimum atomic E-state index is -0.0728. The zero-order chi connectivity index (χ0) is 12.4. The van der Waals surface area contributed by atoms with Crippen LogP contribution in [0.15, 0.2) is 24.3 Å². The highest BCUT2D eigenvalue weighted by atomic mass is 16.3. The zero-order valence-corrected chi connectivity index (χ0v) is 10.8. The molecular formula is C15H22N2O. The van der Waals surface area contributed by atoms with Gasteiger partial charge in [-0.05, 0) is 37.3 Å². The molecule has 2 fully saturated rings. The normalized spacial score (nSPS) is 27.3. The van der Waals surface area contributed by atoms with Crippen molar-refractivity contribution in [1.82, 2.24) is 5.32 Å². The first-order valence-corrected chi connectivity index (χ1v) is 7.07. The predicted octanol–water partition coefficient (Wildman–Crippen LogP) is 1.90. The van der Waals surface area contributed by atoms with E-state index in [-0.39, 0.29) is 6.10 Å². The fourth-order valence-corrected chi connectivity index (χ4v) is 2.94. The number of rotatable bonds is 4. The van der Waals surface area contributed by atoms with Crippen LogP contribution in [0.2, 0.25) is 0 Å². The van der Waals surface area contributed by atoms with Crippen LogP contribution in [0.25, 0.3) is 0 Å². The highest BCUT2D eigenvalue weighted by Gasteiger charge is 2.26. The van der Waals surface area contributed by atoms with E-state index in [9.17, 15) is 5.11 Å². The maximum absolute atomic E-state index is 9.29. The summed E-state index contributed by atoms with van der Waals surface area (Å²) in [6, 6.07) is 9.20. The largest absolute Gasteiger partial charge is 0.393 e. The van der Waals surface area contributed by atoms with Gasteiger partial charge in [-0.3, -0.25) is 0 Å². The Morgan fingerprint density at radius 3 is 2.61 bits per heavy atom. The van der Waals surface area contributed by atoms with Gasteiger partial charge < -0.3 is 15.3 Å². The standard InChI is InChI=1S/C15H22N2O/c18-14-9-13(10-14)16-11-12-5-1-2-6-15(12)17-7-3-4-8-17/h1-2,5-6,13-14,16,18H,3-4,7-11H2. The van der Waals surface area contributed by atoms with E-state index in [4.69, 9.17) is 0 Å². The summed E-state index contributed by atoms with van der Waals surface area (Å²) in [5, 5.41) is 12.8. The van der Waals surface area contributed by atoms with Crippen LogP contribution in [0.1, 0.15) is 31.2 Å². The molecule has 1 aliphatic carbocycles. The predicted molar refractivity (Wildman–Crippen MR) is 73.8 cm³/mol. The van der Waals surface area contributed by atoms with Crippen LogP contribution in [0.4, 0.5) is 5.69 Å². The molecule has 0 unspecified atom stereocenters. The van der Waals surface area contributed by atoms with Gasteiger partial charge in [0.15, 0.2) is 0 Å². The monoisotopic (exact) mass is 246 g/mol. The molecule has 3 nitrogen and oxygen atoms in total. The number of aliphatic hydroxyl groups excluding tert-OH is 1. The number of nitrogens with zero attached hydrogens (tertiary/aromatic N) is 1. The SMILES string of the molecule is OC1CC(NCc2ccccc2N2CCCC2)C1. The third-order valence-electron chi connectivity index (χ3n) is 4.13. The van der Waals surface area contributed by atoms with Crippen molar-refractivity contribution in [3.8, 4) is 0 Å². The average molecular weight is 246 g/mol. The van der Waals surface area contributed by atoms with Crippen molar-refractivity contribution in [2.75, 3.05) is 18.0 Å². The Balaban J connectivity index is 1.63. The minimum absolute atomic E-state index is 0.0728. The summed E-state index contributed by atoms with van der Waals surface area (Å²) < 4.78 is 0. The molecule has 0 bridgehead atoms. The molecule has 1 aliphatic heterocycles. The van der Waals surface area contributed by atoms with Crippen molar-refractivity contribution >= 4 is 5.69 Å². The fourth-order valence-electron chi connectivity index (χ4n) is 2.94. The molecule has 1 saturated heterocycles. The van der Waals surface area contributed by atoms with Crippen molar-refractivity contribution in [2.24, 2.45) is 0 Å². The first-order chi connectivity index (χ1) is 8.83. The quantitative estimate of drug-likeness (QED) is 0.851. The summed E-state index contributed by atoms with van der Waals surface area (Å²) in [4.78, 5) is 2.49. The molecule has 3 heteroatoms. The van der Waals surface area contributed by atoms with Crippen molar-refractivity contribution in [3.63, 3.8) is 0 Å². The maximum Gasteiger partial charge on any atom is 0.0570 e. The van der Waals surface area contributed by atoms with E-state index < -0.39 is 0 Å². The van der Waals surface area contributed by atoms with E-state index in [1.54, 1.807) is 0 Å². The number of hydrogen-bond acceptors (Lipinski definition) is 3. The van der Waals surface area contributed by atoms with Crippen LogP contribution >= 0.6 is 0 Å². The number of nitrogens with one attached hydrogen (secondary N) is 1. The molecule has 0 spiro atoms. The topological polar surface area (TPSA) is 35.5 Å². The Kier molecular flexibility index (Phi) is 3.52. The van der Waals surface area contributed by atoms with Crippen molar-refractivity contribution in [2.45, 2.75) is 44.4 Å². The molecule has 2 aliphatic rings. The Bertz CT molecular complexity index is 395. The Morgan fingerprint density at radius 2 is 1.89 bits per heavy atom. The smallest absolute Gasteiger partial charge is 0.0570 e. The van der Waals surface area contributed by atoms with Gasteiger partial charge in [0.25, 0.3) is 0 Å². The molecule has 1 aromatic carbocycles. The van der Waals surface area contributed by atoms with Crippen molar-refractivity contribution in [1.29, 1.82) is 0 Å². The molecule has 1 heterocycles. The zero-order valence-electron chi connectivity index (χ0n) is 10.8. The third-order valence-corrected chi connectivity index (χ3v) is 4.13. The van der Waals surface area contributed by atoms with E-state index in [0.29, 0.717) is 6.04 Å². The van der Waals surface area contributed by atoms with Crippen LogP contribution in [0.3, 0.4) is 0 Å². The highest BCUT2D eigenvalue weighted by Crippen LogP contribution is 2.25. The molecule has 0 aromatic heterocycles. The molecule has 1 aromatic rings. The summed E-state index contributed by atoms with van der Waals surface area (Å²) in [7, 11) is 0. The van der Waals surface area contributed by atoms with Gasteiger partial charge in [-0.2, -0.15) is 0 Å². The second-order valence-corrected chi connectivity index (χ2v) is 5.53. The van der Waals surface area contributed by atoms with Gasteiger partial charge in [-0.1, -0.05) is 18.2 Å². The molecular weight excluding hydrogens is 224 g/mol. The van der Waals surface area contributed by atoms with E-state index in [2.05, 4.69) is 34.5 Å². The Labute approximate surface area is 109 Å². The van der Waals surface area contributed by atoms with E-state index >= 15 is 0 Å². The van der Waals surface area contributed by atoms with E-state index in [1.807, 2.05) is 0 Å². The summed E-state index contributed by atoms with van der Waals surface area (Å²) in [5.41, 5.74) is 2.78. The maximum atomic E-state index is 9.29. The lowest BCUT2D eigenvalue weighted by atomic mass is 9.89. The molecule has 0 radical (unpaired) electrons. The lowest BCUT2D eigenvalue weighted by Crippen LogP contribution is -2.43. The van der Waals surface area contributed by atoms with E-state index in [0.717, 1.165) is 19.4 Å². The number of para-hydroxylation sites is 1. The van der Waals surface area contributed by atoms with Crippen LogP contribution in [-0.2, 0) is 6.54 Å². The second-order valence-electron chi connectivity index (χ2n) is 5.53. The fraction of sp³-hybridized carbons (Fsp3) is 0.600. The van der Waals surface area contributed by atoms with Crippen LogP contribution in [0, 0.1) is 0 Å². The van der Waals surface area contributed by atoms with Gasteiger partial charge in [0, 0.05) is 31.4 Å². The Hall–Kier alpha value is -1.06. The third kappa shape index (κ3) is 2.52. The minimum Gasteiger partial charge on any atom is -0.393 e. The van der Waals surface area contributed by atoms with E-state index in [1.165, 1.54) is 37.2 Å². The van der Waals surface area contributed by atoms with Crippen LogP contribution in [0.5, 0.6) is 0 Å². The number of benzene rings is 1. The first kappa shape index (κ1) is 12.0. The summed E-state index contributed by atoms with van der Waals surface area (Å²) in [6.07, 6.45) is 4.38. The number of aliphatic hydroxyl groups is 1. The summed E-state index contributed by atoms with van der Waals surface area (Å²) in [6.45, 7) is 3.31. The van der Waals surface area contributed by atoms with Gasteiger partial charge >= 0.3 is 0 Å². The van der Waals surface area contributed by atoms with Crippen molar-refractivity contribution in [3.05, 3.63) is 29.8 Å². The highest BCUT2D eigenvalue weighted by molar-refractivity contribution is 5.54. The van der Waals surface area contributed by atoms with Crippen molar-refractivity contribution < 1.29 is 5.11 Å². The first-order valence-electron chi connectivity index (χ1n) is 7.07. The van der Waals surface area contributed by atoms with Gasteiger partial charge in [-0.15, -0.1) is 0 Å². The van der Waals surface area contributed by atoms with Gasteiger partial charge in [0.05, 0.1) is 6.10 Å². The molecule has 0 amide bonds. The summed E-state index contributed by atoms with van der Waals surface area (Å²) in [5.74, 6) is 0. The van der Waals surface area contributed by atoms with Gasteiger partial charge in [0.2, 0.25) is 0 Å².